The standard InChI is InChI=1S/C14H14N4O5/c15-11-3-1-9(13(5-11)17(19)20)7-23-8-10-2-4-12(16)6-14(10)18(21)22/h1-6H,7-8,15-16H2. The van der Waals surface area contributed by atoms with Crippen LogP contribution in [0, 0.1) is 20.2 Å². The molecule has 0 spiro atoms. The highest BCUT2D eigenvalue weighted by atomic mass is 16.6. The predicted molar refractivity (Wildman–Crippen MR) is 83.5 cm³/mol. The molecule has 0 atom stereocenters. The van der Waals surface area contributed by atoms with E-state index in [2.05, 4.69) is 0 Å². The largest absolute Gasteiger partial charge is 0.399 e. The third-order valence-electron chi connectivity index (χ3n) is 3.13. The van der Waals surface area contributed by atoms with Crippen LogP contribution in [-0.4, -0.2) is 9.85 Å². The second kappa shape index (κ2) is 6.71. The van der Waals surface area contributed by atoms with Gasteiger partial charge in [0.1, 0.15) is 0 Å². The fourth-order valence-electron chi connectivity index (χ4n) is 2.02. The molecule has 0 bridgehead atoms. The van der Waals surface area contributed by atoms with Gasteiger partial charge in [0.15, 0.2) is 0 Å². The van der Waals surface area contributed by atoms with Crippen LogP contribution in [0.2, 0.25) is 0 Å². The van der Waals surface area contributed by atoms with Crippen LogP contribution in [0.25, 0.3) is 0 Å². The zero-order valence-corrected chi connectivity index (χ0v) is 12.0. The van der Waals surface area contributed by atoms with E-state index in [4.69, 9.17) is 16.2 Å². The summed E-state index contributed by atoms with van der Waals surface area (Å²) in [5.41, 5.74) is 11.9. The van der Waals surface area contributed by atoms with E-state index in [1.165, 1.54) is 36.4 Å². The molecule has 9 nitrogen and oxygen atoms in total. The van der Waals surface area contributed by atoms with Gasteiger partial charge in [-0.3, -0.25) is 20.2 Å². The van der Waals surface area contributed by atoms with E-state index in [0.717, 1.165) is 0 Å². The van der Waals surface area contributed by atoms with Crippen molar-refractivity contribution in [1.29, 1.82) is 0 Å². The van der Waals surface area contributed by atoms with Gasteiger partial charge in [-0.2, -0.15) is 0 Å². The maximum atomic E-state index is 11.0. The van der Waals surface area contributed by atoms with Gasteiger partial charge < -0.3 is 16.2 Å². The molecule has 4 N–H and O–H groups in total. The van der Waals surface area contributed by atoms with Crippen molar-refractivity contribution in [2.45, 2.75) is 13.2 Å². The van der Waals surface area contributed by atoms with E-state index in [1.807, 2.05) is 0 Å². The lowest BCUT2D eigenvalue weighted by Crippen LogP contribution is -2.02. The number of rotatable bonds is 6. The van der Waals surface area contributed by atoms with Crippen molar-refractivity contribution in [3.8, 4) is 0 Å². The Morgan fingerprint density at radius 1 is 0.826 bits per heavy atom. The number of nitrogen functional groups attached to an aromatic ring is 2. The van der Waals surface area contributed by atoms with Gasteiger partial charge in [0.25, 0.3) is 11.4 Å². The second-order valence-corrected chi connectivity index (χ2v) is 4.78. The van der Waals surface area contributed by atoms with E-state index < -0.39 is 9.85 Å². The fourth-order valence-corrected chi connectivity index (χ4v) is 2.02. The Bertz CT molecular complexity index is 699. The zero-order chi connectivity index (χ0) is 17.0. The Morgan fingerprint density at radius 3 is 1.57 bits per heavy atom. The van der Waals surface area contributed by atoms with Gasteiger partial charge in [-0.1, -0.05) is 0 Å². The smallest absolute Gasteiger partial charge is 0.276 e. The first kappa shape index (κ1) is 16.2. The zero-order valence-electron chi connectivity index (χ0n) is 12.0. The number of nitrogens with two attached hydrogens (primary N) is 2. The molecule has 0 amide bonds. The van der Waals surface area contributed by atoms with Gasteiger partial charge in [-0.05, 0) is 24.3 Å². The molecule has 0 aliphatic heterocycles. The van der Waals surface area contributed by atoms with Crippen LogP contribution in [-0.2, 0) is 18.0 Å². The number of benzene rings is 2. The number of nitrogens with zero attached hydrogens (tertiary/aromatic N) is 2. The average Bonchev–Trinajstić information content (AvgIpc) is 2.49. The highest BCUT2D eigenvalue weighted by Crippen LogP contribution is 2.25. The van der Waals surface area contributed by atoms with Crippen LogP contribution in [0.1, 0.15) is 11.1 Å². The minimum atomic E-state index is -0.555. The molecular formula is C14H14N4O5. The molecule has 0 radical (unpaired) electrons. The SMILES string of the molecule is Nc1ccc(COCc2ccc(N)cc2[N+](=O)[O-])c([N+](=O)[O-])c1. The molecule has 2 aromatic rings. The van der Waals surface area contributed by atoms with Gasteiger partial charge in [0.05, 0.1) is 34.2 Å². The summed E-state index contributed by atoms with van der Waals surface area (Å²) in [6, 6.07) is 8.51. The summed E-state index contributed by atoms with van der Waals surface area (Å²) < 4.78 is 5.38. The van der Waals surface area contributed by atoms with Gasteiger partial charge in [0.2, 0.25) is 0 Å². The highest BCUT2D eigenvalue weighted by Gasteiger charge is 2.16. The van der Waals surface area contributed by atoms with Crippen molar-refractivity contribution in [2.75, 3.05) is 11.5 Å². The summed E-state index contributed by atoms with van der Waals surface area (Å²) in [4.78, 5) is 20.8. The quantitative estimate of drug-likeness (QED) is 0.472. The first-order valence-corrected chi connectivity index (χ1v) is 6.52. The molecule has 0 saturated heterocycles. The Kier molecular flexibility index (Phi) is 4.72. The molecule has 23 heavy (non-hydrogen) atoms. The summed E-state index contributed by atoms with van der Waals surface area (Å²) in [5.74, 6) is 0. The molecule has 9 heteroatoms. The van der Waals surface area contributed by atoms with Crippen molar-refractivity contribution >= 4 is 22.7 Å². The van der Waals surface area contributed by atoms with E-state index in [-0.39, 0.29) is 36.0 Å². The summed E-state index contributed by atoms with van der Waals surface area (Å²) in [6.45, 7) is -0.143. The molecule has 0 fully saturated rings. The molecule has 0 aliphatic rings. The minimum Gasteiger partial charge on any atom is -0.399 e. The minimum absolute atomic E-state index is 0.0713. The molecule has 0 saturated carbocycles. The topological polar surface area (TPSA) is 148 Å². The van der Waals surface area contributed by atoms with Crippen LogP contribution >= 0.6 is 0 Å². The summed E-state index contributed by atoms with van der Waals surface area (Å²) in [7, 11) is 0. The second-order valence-electron chi connectivity index (χ2n) is 4.78. The van der Waals surface area contributed by atoms with Crippen LogP contribution in [0.4, 0.5) is 22.7 Å². The van der Waals surface area contributed by atoms with Crippen molar-refractivity contribution in [2.24, 2.45) is 0 Å². The third kappa shape index (κ3) is 3.92. The Hall–Kier alpha value is -3.20. The number of nitro groups is 2. The average molecular weight is 318 g/mol. The van der Waals surface area contributed by atoms with Gasteiger partial charge in [0, 0.05) is 23.5 Å². The highest BCUT2D eigenvalue weighted by molar-refractivity contribution is 5.53. The lowest BCUT2D eigenvalue weighted by Gasteiger charge is -2.07. The Labute approximate surface area is 130 Å². The van der Waals surface area contributed by atoms with E-state index in [9.17, 15) is 20.2 Å². The van der Waals surface area contributed by atoms with Crippen LogP contribution < -0.4 is 11.5 Å². The predicted octanol–water partition coefficient (Wildman–Crippen LogP) is 2.38. The molecule has 0 aliphatic carbocycles. The van der Waals surface area contributed by atoms with Crippen molar-refractivity contribution in [3.05, 3.63) is 67.8 Å². The maximum Gasteiger partial charge on any atom is 0.276 e. The monoisotopic (exact) mass is 318 g/mol. The number of anilines is 2. The summed E-state index contributed by atoms with van der Waals surface area (Å²) in [6.07, 6.45) is 0. The van der Waals surface area contributed by atoms with Gasteiger partial charge in [-0.15, -0.1) is 0 Å². The van der Waals surface area contributed by atoms with E-state index >= 15 is 0 Å². The van der Waals surface area contributed by atoms with E-state index in [1.54, 1.807) is 0 Å². The van der Waals surface area contributed by atoms with Crippen molar-refractivity contribution in [3.63, 3.8) is 0 Å². The number of hydrogen-bond acceptors (Lipinski definition) is 7. The number of nitro benzene ring substituents is 2. The Morgan fingerprint density at radius 2 is 1.22 bits per heavy atom. The normalized spacial score (nSPS) is 10.4. The lowest BCUT2D eigenvalue weighted by atomic mass is 10.1. The summed E-state index contributed by atoms with van der Waals surface area (Å²) in [5, 5.41) is 22.0. The van der Waals surface area contributed by atoms with Crippen LogP contribution in [0.3, 0.4) is 0 Å². The molecular weight excluding hydrogens is 304 g/mol. The van der Waals surface area contributed by atoms with Crippen molar-refractivity contribution < 1.29 is 14.6 Å². The van der Waals surface area contributed by atoms with Crippen LogP contribution in [0.15, 0.2) is 36.4 Å². The molecule has 0 aromatic heterocycles. The molecule has 0 heterocycles. The molecule has 2 aromatic carbocycles. The number of hydrogen-bond donors (Lipinski definition) is 2. The van der Waals surface area contributed by atoms with Crippen molar-refractivity contribution in [1.82, 2.24) is 0 Å². The molecule has 120 valence electrons. The molecule has 2 rings (SSSR count). The molecule has 0 unspecified atom stereocenters. The summed E-state index contributed by atoms with van der Waals surface area (Å²) >= 11 is 0. The first-order chi connectivity index (χ1) is 10.9. The fraction of sp³-hybridized carbons (Fsp3) is 0.143. The lowest BCUT2D eigenvalue weighted by molar-refractivity contribution is -0.386. The van der Waals surface area contributed by atoms with E-state index in [0.29, 0.717) is 11.1 Å². The first-order valence-electron chi connectivity index (χ1n) is 6.52. The van der Waals surface area contributed by atoms with Gasteiger partial charge in [-0.25, -0.2) is 0 Å². The Balaban J connectivity index is 2.12. The maximum absolute atomic E-state index is 11.0. The number of ether oxygens (including phenoxy) is 1. The third-order valence-corrected chi connectivity index (χ3v) is 3.13. The van der Waals surface area contributed by atoms with Crippen LogP contribution in [0.5, 0.6) is 0 Å². The van der Waals surface area contributed by atoms with Gasteiger partial charge >= 0.3 is 0 Å².